The van der Waals surface area contributed by atoms with Crippen molar-refractivity contribution in [1.29, 1.82) is 0 Å². The van der Waals surface area contributed by atoms with Crippen LogP contribution in [0.4, 0.5) is 5.82 Å². The quantitative estimate of drug-likeness (QED) is 0.916. The second kappa shape index (κ2) is 5.91. The summed E-state index contributed by atoms with van der Waals surface area (Å²) in [7, 11) is 3.72. The van der Waals surface area contributed by atoms with Gasteiger partial charge >= 0.3 is 0 Å². The molecule has 1 heterocycles. The van der Waals surface area contributed by atoms with Gasteiger partial charge in [0.25, 0.3) is 0 Å². The van der Waals surface area contributed by atoms with Gasteiger partial charge in [0.05, 0.1) is 0 Å². The predicted octanol–water partition coefficient (Wildman–Crippen LogP) is 3.83. The lowest BCUT2D eigenvalue weighted by Gasteiger charge is -2.41. The normalized spacial score (nSPS) is 20.3. The average Bonchev–Trinajstić information content (AvgIpc) is 2.47. The molecule has 0 atom stereocenters. The molecule has 1 aromatic heterocycles. The van der Waals surface area contributed by atoms with Crippen LogP contribution in [0.25, 0.3) is 0 Å². The number of hydrogen-bond acceptors (Lipinski definition) is 4. The lowest BCUT2D eigenvalue weighted by atomic mass is 9.70. The Morgan fingerprint density at radius 1 is 1.14 bits per heavy atom. The van der Waals surface area contributed by atoms with Crippen LogP contribution in [-0.2, 0) is 16.8 Å². The van der Waals surface area contributed by atoms with Gasteiger partial charge in [-0.25, -0.2) is 9.97 Å². The molecule has 118 valence electrons. The van der Waals surface area contributed by atoms with E-state index in [1.54, 1.807) is 7.11 Å². The van der Waals surface area contributed by atoms with Gasteiger partial charge in [-0.2, -0.15) is 0 Å². The molecule has 0 aliphatic heterocycles. The zero-order valence-electron chi connectivity index (χ0n) is 14.3. The molecule has 1 aliphatic carbocycles. The van der Waals surface area contributed by atoms with Crippen LogP contribution in [0, 0.1) is 12.3 Å². The highest BCUT2D eigenvalue weighted by Gasteiger charge is 2.42. The van der Waals surface area contributed by atoms with E-state index < -0.39 is 0 Å². The molecular weight excluding hydrogens is 262 g/mol. The van der Waals surface area contributed by atoms with Gasteiger partial charge in [0.2, 0.25) is 0 Å². The van der Waals surface area contributed by atoms with Crippen molar-refractivity contribution in [3.63, 3.8) is 0 Å². The van der Waals surface area contributed by atoms with Crippen molar-refractivity contribution in [2.24, 2.45) is 5.41 Å². The van der Waals surface area contributed by atoms with E-state index >= 15 is 0 Å². The molecule has 0 amide bonds. The highest BCUT2D eigenvalue weighted by atomic mass is 16.5. The average molecular weight is 291 g/mol. The van der Waals surface area contributed by atoms with E-state index in [9.17, 15) is 0 Å². The minimum absolute atomic E-state index is 0.321. The summed E-state index contributed by atoms with van der Waals surface area (Å²) in [6.07, 6.45) is 5.21. The van der Waals surface area contributed by atoms with Crippen molar-refractivity contribution >= 4 is 5.82 Å². The third-order valence-corrected chi connectivity index (χ3v) is 5.01. The van der Waals surface area contributed by atoms with Gasteiger partial charge in [0, 0.05) is 25.4 Å². The van der Waals surface area contributed by atoms with Crippen LogP contribution in [0.1, 0.15) is 63.5 Å². The summed E-state index contributed by atoms with van der Waals surface area (Å²) < 4.78 is 5.93. The number of anilines is 1. The Labute approximate surface area is 128 Å². The summed E-state index contributed by atoms with van der Waals surface area (Å²) >= 11 is 0. The van der Waals surface area contributed by atoms with Gasteiger partial charge < -0.3 is 10.1 Å². The molecular formula is C17H29N3O. The van der Waals surface area contributed by atoms with E-state index in [2.05, 4.69) is 33.0 Å². The van der Waals surface area contributed by atoms with Crippen molar-refractivity contribution in [2.45, 2.75) is 65.4 Å². The van der Waals surface area contributed by atoms with E-state index in [0.29, 0.717) is 5.41 Å². The first-order chi connectivity index (χ1) is 9.87. The first-order valence-corrected chi connectivity index (χ1v) is 7.98. The molecule has 0 saturated heterocycles. The van der Waals surface area contributed by atoms with Crippen LogP contribution in [0.5, 0.6) is 0 Å². The zero-order valence-corrected chi connectivity index (χ0v) is 14.3. The first kappa shape index (κ1) is 16.2. The molecule has 0 radical (unpaired) electrons. The fourth-order valence-corrected chi connectivity index (χ4v) is 3.28. The molecule has 2 rings (SSSR count). The second-order valence-corrected chi connectivity index (χ2v) is 6.93. The van der Waals surface area contributed by atoms with Crippen LogP contribution in [0.2, 0.25) is 0 Å². The van der Waals surface area contributed by atoms with Crippen LogP contribution in [-0.4, -0.2) is 24.1 Å². The van der Waals surface area contributed by atoms with E-state index in [-0.39, 0.29) is 5.60 Å². The summed E-state index contributed by atoms with van der Waals surface area (Å²) in [6.45, 7) is 8.87. The minimum atomic E-state index is -0.321. The van der Waals surface area contributed by atoms with Crippen molar-refractivity contribution in [2.75, 3.05) is 19.5 Å². The largest absolute Gasteiger partial charge is 0.373 e. The SMILES string of the molecule is CCc1c(C)nc(C2(OC)CCC(C)(C)CC2)nc1NC. The summed E-state index contributed by atoms with van der Waals surface area (Å²) in [5, 5.41) is 3.22. The van der Waals surface area contributed by atoms with Gasteiger partial charge in [-0.15, -0.1) is 0 Å². The third kappa shape index (κ3) is 3.05. The smallest absolute Gasteiger partial charge is 0.162 e. The first-order valence-electron chi connectivity index (χ1n) is 7.98. The predicted molar refractivity (Wildman–Crippen MR) is 86.6 cm³/mol. The number of aromatic nitrogens is 2. The lowest BCUT2D eigenvalue weighted by Crippen LogP contribution is -2.38. The lowest BCUT2D eigenvalue weighted by molar-refractivity contribution is -0.0729. The van der Waals surface area contributed by atoms with E-state index in [1.807, 2.05) is 7.05 Å². The summed E-state index contributed by atoms with van der Waals surface area (Å²) in [6, 6.07) is 0. The zero-order chi connectivity index (χ0) is 15.7. The highest BCUT2D eigenvalue weighted by Crippen LogP contribution is 2.46. The number of ether oxygens (including phenoxy) is 1. The van der Waals surface area contributed by atoms with Gasteiger partial charge in [0.15, 0.2) is 5.82 Å². The maximum atomic E-state index is 5.93. The van der Waals surface area contributed by atoms with Gasteiger partial charge in [-0.3, -0.25) is 0 Å². The van der Waals surface area contributed by atoms with Crippen LogP contribution < -0.4 is 5.32 Å². The molecule has 0 aromatic carbocycles. The monoisotopic (exact) mass is 291 g/mol. The van der Waals surface area contributed by atoms with Crippen molar-refractivity contribution in [1.82, 2.24) is 9.97 Å². The molecule has 1 fully saturated rings. The summed E-state index contributed by atoms with van der Waals surface area (Å²) in [4.78, 5) is 9.58. The second-order valence-electron chi connectivity index (χ2n) is 6.93. The molecule has 1 saturated carbocycles. The maximum absolute atomic E-state index is 5.93. The molecule has 4 nitrogen and oxygen atoms in total. The Balaban J connectivity index is 2.42. The van der Waals surface area contributed by atoms with Gasteiger partial charge in [0.1, 0.15) is 11.4 Å². The Kier molecular flexibility index (Phi) is 4.57. The standard InChI is InChI=1S/C17H29N3O/c1-7-13-12(2)19-15(20-14(13)18-5)17(21-6)10-8-16(3,4)9-11-17/h7-11H2,1-6H3,(H,18,19,20). The Morgan fingerprint density at radius 2 is 1.76 bits per heavy atom. The number of nitrogens with zero attached hydrogens (tertiary/aromatic N) is 2. The van der Waals surface area contributed by atoms with Crippen molar-refractivity contribution < 1.29 is 4.74 Å². The molecule has 0 bridgehead atoms. The number of nitrogens with one attached hydrogen (secondary N) is 1. The van der Waals surface area contributed by atoms with E-state index in [1.165, 1.54) is 5.56 Å². The minimum Gasteiger partial charge on any atom is -0.373 e. The Bertz CT molecular complexity index is 501. The third-order valence-electron chi connectivity index (χ3n) is 5.01. The van der Waals surface area contributed by atoms with Crippen LogP contribution in [0.3, 0.4) is 0 Å². The van der Waals surface area contributed by atoms with E-state index in [4.69, 9.17) is 14.7 Å². The fraction of sp³-hybridized carbons (Fsp3) is 0.765. The van der Waals surface area contributed by atoms with Gasteiger partial charge in [-0.05, 0) is 44.4 Å². The maximum Gasteiger partial charge on any atom is 0.162 e. The number of hydrogen-bond donors (Lipinski definition) is 1. The molecule has 1 N–H and O–H groups in total. The Hall–Kier alpha value is -1.16. The highest BCUT2D eigenvalue weighted by molar-refractivity contribution is 5.46. The van der Waals surface area contributed by atoms with Crippen LogP contribution >= 0.6 is 0 Å². The number of methoxy groups -OCH3 is 1. The summed E-state index contributed by atoms with van der Waals surface area (Å²) in [5.74, 6) is 1.79. The molecule has 1 aromatic rings. The van der Waals surface area contributed by atoms with Gasteiger partial charge in [-0.1, -0.05) is 20.8 Å². The molecule has 1 aliphatic rings. The fourth-order valence-electron chi connectivity index (χ4n) is 3.28. The summed E-state index contributed by atoms with van der Waals surface area (Å²) in [5.41, 5.74) is 2.33. The molecule has 0 spiro atoms. The van der Waals surface area contributed by atoms with E-state index in [0.717, 1.165) is 49.4 Å². The number of rotatable bonds is 4. The Morgan fingerprint density at radius 3 is 2.24 bits per heavy atom. The van der Waals surface area contributed by atoms with Crippen molar-refractivity contribution in [3.8, 4) is 0 Å². The van der Waals surface area contributed by atoms with Crippen molar-refractivity contribution in [3.05, 3.63) is 17.1 Å². The topological polar surface area (TPSA) is 47.0 Å². The molecule has 4 heteroatoms. The van der Waals surface area contributed by atoms with Crippen LogP contribution in [0.15, 0.2) is 0 Å². The number of aryl methyl sites for hydroxylation is 1. The molecule has 21 heavy (non-hydrogen) atoms. The molecule has 0 unspecified atom stereocenters.